The highest BCUT2D eigenvalue weighted by Crippen LogP contribution is 2.17. The van der Waals surface area contributed by atoms with E-state index in [1.165, 1.54) is 0 Å². The quantitative estimate of drug-likeness (QED) is 0.554. The molecule has 0 aliphatic carbocycles. The lowest BCUT2D eigenvalue weighted by Gasteiger charge is -1.97. The molecule has 0 saturated carbocycles. The topological polar surface area (TPSA) is 49.8 Å². The predicted molar refractivity (Wildman–Crippen MR) is 55.7 cm³/mol. The number of rotatable bonds is 0. The van der Waals surface area contributed by atoms with Crippen molar-refractivity contribution in [3.63, 3.8) is 0 Å². The molecule has 0 aliphatic rings. The number of hydrogen-bond acceptors (Lipinski definition) is 2. The zero-order valence-corrected chi connectivity index (χ0v) is 8.43. The van der Waals surface area contributed by atoms with Gasteiger partial charge in [0.05, 0.1) is 12.5 Å². The van der Waals surface area contributed by atoms with E-state index in [1.54, 1.807) is 6.07 Å². The number of nitrogens with zero attached hydrogens (tertiary/aromatic N) is 1. The highest BCUT2D eigenvalue weighted by atomic mass is 79.9. The van der Waals surface area contributed by atoms with Gasteiger partial charge in [0.25, 0.3) is 0 Å². The van der Waals surface area contributed by atoms with Gasteiger partial charge in [-0.3, -0.25) is 0 Å². The van der Waals surface area contributed by atoms with Crippen molar-refractivity contribution in [2.24, 2.45) is 0 Å². The maximum atomic E-state index is 8.27. The standard InChI is InChI=1S/C10H7BrN2/c11-9-5-4-8(10(13)7-9)3-1-2-6-12/h4-5,7H,2,13H2. The van der Waals surface area contributed by atoms with Crippen LogP contribution in [0.5, 0.6) is 0 Å². The number of benzene rings is 1. The first kappa shape index (κ1) is 9.64. The first-order valence-corrected chi connectivity index (χ1v) is 4.44. The highest BCUT2D eigenvalue weighted by Gasteiger charge is 1.94. The lowest BCUT2D eigenvalue weighted by Crippen LogP contribution is -1.89. The third-order valence-electron chi connectivity index (χ3n) is 1.40. The number of nitrogen functional groups attached to an aromatic ring is 1. The van der Waals surface area contributed by atoms with Crippen LogP contribution < -0.4 is 5.73 Å². The van der Waals surface area contributed by atoms with Gasteiger partial charge in [0.1, 0.15) is 0 Å². The van der Waals surface area contributed by atoms with E-state index in [2.05, 4.69) is 27.8 Å². The normalized spacial score (nSPS) is 8.31. The van der Waals surface area contributed by atoms with Crippen LogP contribution in [0.1, 0.15) is 12.0 Å². The maximum Gasteiger partial charge on any atom is 0.0966 e. The molecule has 13 heavy (non-hydrogen) atoms. The van der Waals surface area contributed by atoms with Gasteiger partial charge in [0.2, 0.25) is 0 Å². The Bertz CT molecular complexity index is 407. The molecule has 64 valence electrons. The molecule has 1 aromatic carbocycles. The van der Waals surface area contributed by atoms with Crippen LogP contribution in [0.15, 0.2) is 22.7 Å². The molecule has 0 heterocycles. The Balaban J connectivity index is 2.93. The number of anilines is 1. The summed E-state index contributed by atoms with van der Waals surface area (Å²) in [4.78, 5) is 0. The zero-order valence-electron chi connectivity index (χ0n) is 6.84. The van der Waals surface area contributed by atoms with Crippen molar-refractivity contribution in [1.29, 1.82) is 5.26 Å². The predicted octanol–water partition coefficient (Wildman–Crippen LogP) is 2.30. The average molecular weight is 235 g/mol. The molecule has 0 saturated heterocycles. The fraction of sp³-hybridized carbons (Fsp3) is 0.100. The van der Waals surface area contributed by atoms with E-state index in [0.29, 0.717) is 5.69 Å². The number of halogens is 1. The molecule has 0 atom stereocenters. The van der Waals surface area contributed by atoms with Crippen LogP contribution in [-0.4, -0.2) is 0 Å². The SMILES string of the molecule is N#CCC#Cc1ccc(Br)cc1N. The van der Waals surface area contributed by atoms with Gasteiger partial charge in [-0.25, -0.2) is 0 Å². The van der Waals surface area contributed by atoms with Crippen molar-refractivity contribution >= 4 is 21.6 Å². The lowest BCUT2D eigenvalue weighted by atomic mass is 10.2. The average Bonchev–Trinajstić information content (AvgIpc) is 2.09. The van der Waals surface area contributed by atoms with E-state index in [1.807, 2.05) is 18.2 Å². The molecule has 2 nitrogen and oxygen atoms in total. The van der Waals surface area contributed by atoms with E-state index >= 15 is 0 Å². The summed E-state index contributed by atoms with van der Waals surface area (Å²) in [5.74, 6) is 5.53. The molecular formula is C10H7BrN2. The van der Waals surface area contributed by atoms with Crippen molar-refractivity contribution in [3.05, 3.63) is 28.2 Å². The Kier molecular flexibility index (Phi) is 3.37. The summed E-state index contributed by atoms with van der Waals surface area (Å²) < 4.78 is 0.927. The van der Waals surface area contributed by atoms with Crippen LogP contribution in [0.25, 0.3) is 0 Å². The Labute approximate surface area is 85.5 Å². The number of nitriles is 1. The zero-order chi connectivity index (χ0) is 9.68. The molecule has 0 radical (unpaired) electrons. The molecule has 0 unspecified atom stereocenters. The van der Waals surface area contributed by atoms with Gasteiger partial charge in [0.15, 0.2) is 0 Å². The van der Waals surface area contributed by atoms with Crippen LogP contribution in [0.4, 0.5) is 5.69 Å². The van der Waals surface area contributed by atoms with Crippen molar-refractivity contribution in [2.75, 3.05) is 5.73 Å². The molecular weight excluding hydrogens is 228 g/mol. The van der Waals surface area contributed by atoms with E-state index in [9.17, 15) is 0 Å². The van der Waals surface area contributed by atoms with E-state index in [-0.39, 0.29) is 6.42 Å². The van der Waals surface area contributed by atoms with Gasteiger partial charge in [-0.1, -0.05) is 27.8 Å². The van der Waals surface area contributed by atoms with E-state index < -0.39 is 0 Å². The Hall–Kier alpha value is -1.45. The fourth-order valence-electron chi connectivity index (χ4n) is 0.826. The Morgan fingerprint density at radius 1 is 1.46 bits per heavy atom. The van der Waals surface area contributed by atoms with Crippen LogP contribution in [-0.2, 0) is 0 Å². The summed E-state index contributed by atoms with van der Waals surface area (Å²) in [6.45, 7) is 0. The molecule has 2 N–H and O–H groups in total. The largest absolute Gasteiger partial charge is 0.398 e. The van der Waals surface area contributed by atoms with Gasteiger partial charge >= 0.3 is 0 Å². The van der Waals surface area contributed by atoms with Crippen molar-refractivity contribution in [1.82, 2.24) is 0 Å². The van der Waals surface area contributed by atoms with E-state index in [0.717, 1.165) is 10.0 Å². The second-order valence-corrected chi connectivity index (χ2v) is 3.28. The number of nitrogens with two attached hydrogens (primary N) is 1. The van der Waals surface area contributed by atoms with E-state index in [4.69, 9.17) is 11.0 Å². The first-order chi connectivity index (χ1) is 6.24. The smallest absolute Gasteiger partial charge is 0.0966 e. The first-order valence-electron chi connectivity index (χ1n) is 3.65. The summed E-state index contributed by atoms with van der Waals surface area (Å²) in [6, 6.07) is 7.42. The van der Waals surface area contributed by atoms with Crippen LogP contribution in [0, 0.1) is 23.2 Å². The van der Waals surface area contributed by atoms with Crippen molar-refractivity contribution in [3.8, 4) is 17.9 Å². The molecule has 1 aromatic rings. The molecule has 0 amide bonds. The maximum absolute atomic E-state index is 8.27. The summed E-state index contributed by atoms with van der Waals surface area (Å²) >= 11 is 3.30. The fourth-order valence-corrected chi connectivity index (χ4v) is 1.21. The van der Waals surface area contributed by atoms with Crippen LogP contribution >= 0.6 is 15.9 Å². The van der Waals surface area contributed by atoms with Gasteiger partial charge in [-0.2, -0.15) is 5.26 Å². The van der Waals surface area contributed by atoms with Crippen LogP contribution in [0.2, 0.25) is 0 Å². The minimum absolute atomic E-state index is 0.232. The lowest BCUT2D eigenvalue weighted by molar-refractivity contribution is 1.39. The summed E-state index contributed by atoms with van der Waals surface area (Å²) in [5.41, 5.74) is 7.08. The van der Waals surface area contributed by atoms with Crippen molar-refractivity contribution in [2.45, 2.75) is 6.42 Å². The third-order valence-corrected chi connectivity index (χ3v) is 1.90. The van der Waals surface area contributed by atoms with Crippen LogP contribution in [0.3, 0.4) is 0 Å². The van der Waals surface area contributed by atoms with Crippen molar-refractivity contribution < 1.29 is 0 Å². The molecule has 0 aromatic heterocycles. The van der Waals surface area contributed by atoms with Gasteiger partial charge < -0.3 is 5.73 Å². The molecule has 0 aliphatic heterocycles. The van der Waals surface area contributed by atoms with Gasteiger partial charge in [-0.05, 0) is 18.2 Å². The molecule has 0 fully saturated rings. The Morgan fingerprint density at radius 3 is 2.85 bits per heavy atom. The summed E-state index contributed by atoms with van der Waals surface area (Å²) in [5, 5.41) is 8.27. The monoisotopic (exact) mass is 234 g/mol. The number of hydrogen-bond donors (Lipinski definition) is 1. The molecule has 0 spiro atoms. The second kappa shape index (κ2) is 4.54. The minimum Gasteiger partial charge on any atom is -0.398 e. The highest BCUT2D eigenvalue weighted by molar-refractivity contribution is 9.10. The third kappa shape index (κ3) is 2.82. The van der Waals surface area contributed by atoms with Gasteiger partial charge in [0, 0.05) is 15.7 Å². The van der Waals surface area contributed by atoms with Gasteiger partial charge in [-0.15, -0.1) is 0 Å². The molecule has 0 bridgehead atoms. The Morgan fingerprint density at radius 2 is 2.23 bits per heavy atom. The molecule has 3 heteroatoms. The summed E-state index contributed by atoms with van der Waals surface area (Å²) in [6.07, 6.45) is 0.232. The summed E-state index contributed by atoms with van der Waals surface area (Å²) in [7, 11) is 0. The molecule has 1 rings (SSSR count). The second-order valence-electron chi connectivity index (χ2n) is 2.37. The minimum atomic E-state index is 0.232.